The predicted octanol–water partition coefficient (Wildman–Crippen LogP) is 4.24. The van der Waals surface area contributed by atoms with E-state index in [0.29, 0.717) is 19.1 Å². The Labute approximate surface area is 157 Å². The van der Waals surface area contributed by atoms with Crippen LogP contribution in [0.15, 0.2) is 30.3 Å². The molecule has 2 rings (SSSR count). The quantitative estimate of drug-likeness (QED) is 0.787. The Kier molecular flexibility index (Phi) is 6.70. The highest BCUT2D eigenvalue weighted by Gasteiger charge is 2.29. The lowest BCUT2D eigenvalue weighted by Crippen LogP contribution is -2.39. The SMILES string of the molecule is CC1CC=C(c2cccc(OCCN(C)C)c2)N(C(=O)OC(C)(C)C)C1. The number of likely N-dealkylation sites (N-methyl/N-ethyl adjacent to an activating group) is 1. The fourth-order valence-corrected chi connectivity index (χ4v) is 2.76. The second-order valence-corrected chi connectivity index (χ2v) is 8.20. The molecular formula is C21H32N2O3. The molecule has 1 aliphatic rings. The minimum Gasteiger partial charge on any atom is -0.492 e. The van der Waals surface area contributed by atoms with E-state index in [4.69, 9.17) is 9.47 Å². The molecule has 0 spiro atoms. The van der Waals surface area contributed by atoms with Crippen LogP contribution in [0.25, 0.3) is 5.70 Å². The first-order valence-electron chi connectivity index (χ1n) is 9.24. The molecule has 1 aromatic carbocycles. The lowest BCUT2D eigenvalue weighted by atomic mass is 9.98. The van der Waals surface area contributed by atoms with Gasteiger partial charge in [-0.3, -0.25) is 4.90 Å². The summed E-state index contributed by atoms with van der Waals surface area (Å²) in [6.45, 7) is 9.96. The molecule has 5 nitrogen and oxygen atoms in total. The molecule has 1 aliphatic heterocycles. The Bertz CT molecular complexity index is 647. The van der Waals surface area contributed by atoms with Crippen molar-refractivity contribution in [3.05, 3.63) is 35.9 Å². The van der Waals surface area contributed by atoms with Gasteiger partial charge in [0.05, 0.1) is 5.70 Å². The van der Waals surface area contributed by atoms with Crippen LogP contribution in [-0.4, -0.2) is 55.3 Å². The minimum absolute atomic E-state index is 0.297. The molecule has 144 valence electrons. The number of ether oxygens (including phenoxy) is 2. The van der Waals surface area contributed by atoms with Gasteiger partial charge in [0.1, 0.15) is 18.0 Å². The second-order valence-electron chi connectivity index (χ2n) is 8.20. The van der Waals surface area contributed by atoms with E-state index in [2.05, 4.69) is 17.9 Å². The van der Waals surface area contributed by atoms with E-state index in [0.717, 1.165) is 30.0 Å². The summed E-state index contributed by atoms with van der Waals surface area (Å²) in [6, 6.07) is 7.92. The maximum Gasteiger partial charge on any atom is 0.414 e. The molecule has 1 aromatic rings. The number of benzene rings is 1. The normalized spacial score (nSPS) is 17.9. The summed E-state index contributed by atoms with van der Waals surface area (Å²) in [5.41, 5.74) is 1.36. The van der Waals surface area contributed by atoms with Crippen molar-refractivity contribution >= 4 is 11.8 Å². The Balaban J connectivity index is 2.19. The fourth-order valence-electron chi connectivity index (χ4n) is 2.76. The summed E-state index contributed by atoms with van der Waals surface area (Å²) < 4.78 is 11.5. The first kappa shape index (κ1) is 20.3. The van der Waals surface area contributed by atoms with E-state index in [1.807, 2.05) is 59.1 Å². The number of rotatable bonds is 5. The average Bonchev–Trinajstić information content (AvgIpc) is 2.53. The van der Waals surface area contributed by atoms with E-state index < -0.39 is 5.60 Å². The first-order valence-corrected chi connectivity index (χ1v) is 9.24. The average molecular weight is 360 g/mol. The summed E-state index contributed by atoms with van der Waals surface area (Å²) in [5.74, 6) is 1.22. The summed E-state index contributed by atoms with van der Waals surface area (Å²) in [6.07, 6.45) is 2.77. The molecule has 1 heterocycles. The predicted molar refractivity (Wildman–Crippen MR) is 105 cm³/mol. The number of hydrogen-bond acceptors (Lipinski definition) is 4. The second kappa shape index (κ2) is 8.58. The van der Waals surface area contributed by atoms with Crippen LogP contribution < -0.4 is 4.74 Å². The third kappa shape index (κ3) is 6.06. The number of amides is 1. The molecule has 0 aliphatic carbocycles. The Morgan fingerprint density at radius 2 is 2.04 bits per heavy atom. The first-order chi connectivity index (χ1) is 12.2. The van der Waals surface area contributed by atoms with Crippen molar-refractivity contribution in [2.75, 3.05) is 33.8 Å². The number of nitrogens with zero attached hydrogens (tertiary/aromatic N) is 2. The van der Waals surface area contributed by atoms with E-state index in [1.165, 1.54) is 0 Å². The molecule has 0 saturated heterocycles. The van der Waals surface area contributed by atoms with Crippen LogP contribution in [0.5, 0.6) is 5.75 Å². The van der Waals surface area contributed by atoms with Crippen molar-refractivity contribution in [3.8, 4) is 5.75 Å². The van der Waals surface area contributed by atoms with Crippen molar-refractivity contribution in [1.82, 2.24) is 9.80 Å². The Morgan fingerprint density at radius 3 is 2.69 bits per heavy atom. The minimum atomic E-state index is -0.514. The molecule has 0 fully saturated rings. The van der Waals surface area contributed by atoms with Gasteiger partial charge < -0.3 is 14.4 Å². The van der Waals surface area contributed by atoms with Crippen molar-refractivity contribution < 1.29 is 14.3 Å². The molecule has 0 bridgehead atoms. The van der Waals surface area contributed by atoms with Gasteiger partial charge in [-0.25, -0.2) is 4.79 Å². The molecule has 0 aromatic heterocycles. The number of carbonyl (C=O) groups is 1. The van der Waals surface area contributed by atoms with Crippen LogP contribution in [0, 0.1) is 5.92 Å². The molecule has 0 N–H and O–H groups in total. The number of hydrogen-bond donors (Lipinski definition) is 0. The van der Waals surface area contributed by atoms with Crippen molar-refractivity contribution in [3.63, 3.8) is 0 Å². The zero-order valence-corrected chi connectivity index (χ0v) is 16.9. The number of carbonyl (C=O) groups excluding carboxylic acids is 1. The van der Waals surface area contributed by atoms with Gasteiger partial charge in [-0.1, -0.05) is 25.1 Å². The van der Waals surface area contributed by atoms with Gasteiger partial charge in [-0.15, -0.1) is 0 Å². The lowest BCUT2D eigenvalue weighted by Gasteiger charge is -2.34. The van der Waals surface area contributed by atoms with Gasteiger partial charge in [0.25, 0.3) is 0 Å². The van der Waals surface area contributed by atoms with Gasteiger partial charge in [-0.05, 0) is 59.3 Å². The van der Waals surface area contributed by atoms with Gasteiger partial charge in [-0.2, -0.15) is 0 Å². The van der Waals surface area contributed by atoms with Gasteiger partial charge >= 0.3 is 6.09 Å². The highest BCUT2D eigenvalue weighted by molar-refractivity contribution is 5.83. The molecule has 1 amide bonds. The van der Waals surface area contributed by atoms with Crippen molar-refractivity contribution in [1.29, 1.82) is 0 Å². The van der Waals surface area contributed by atoms with Gasteiger partial charge in [0, 0.05) is 18.7 Å². The van der Waals surface area contributed by atoms with Crippen LogP contribution in [0.3, 0.4) is 0 Å². The summed E-state index contributed by atoms with van der Waals surface area (Å²) in [7, 11) is 4.04. The number of allylic oxidation sites excluding steroid dienone is 1. The summed E-state index contributed by atoms with van der Waals surface area (Å²) in [4.78, 5) is 16.5. The van der Waals surface area contributed by atoms with Crippen LogP contribution in [0.1, 0.15) is 39.7 Å². The van der Waals surface area contributed by atoms with Crippen LogP contribution >= 0.6 is 0 Å². The Hall–Kier alpha value is -2.01. The van der Waals surface area contributed by atoms with Crippen molar-refractivity contribution in [2.24, 2.45) is 5.92 Å². The highest BCUT2D eigenvalue weighted by atomic mass is 16.6. The molecule has 0 saturated carbocycles. The maximum absolute atomic E-state index is 12.7. The molecule has 26 heavy (non-hydrogen) atoms. The molecule has 1 atom stereocenters. The molecule has 5 heteroatoms. The summed E-state index contributed by atoms with van der Waals surface area (Å²) >= 11 is 0. The van der Waals surface area contributed by atoms with Crippen LogP contribution in [0.2, 0.25) is 0 Å². The Morgan fingerprint density at radius 1 is 1.31 bits per heavy atom. The topological polar surface area (TPSA) is 42.0 Å². The lowest BCUT2D eigenvalue weighted by molar-refractivity contribution is 0.0327. The zero-order valence-electron chi connectivity index (χ0n) is 16.9. The fraction of sp³-hybridized carbons (Fsp3) is 0.571. The zero-order chi connectivity index (χ0) is 19.3. The van der Waals surface area contributed by atoms with E-state index >= 15 is 0 Å². The van der Waals surface area contributed by atoms with E-state index in [1.54, 1.807) is 4.90 Å². The molecule has 0 radical (unpaired) electrons. The highest BCUT2D eigenvalue weighted by Crippen LogP contribution is 2.30. The third-order valence-corrected chi connectivity index (χ3v) is 4.05. The third-order valence-electron chi connectivity index (χ3n) is 4.05. The van der Waals surface area contributed by atoms with Crippen LogP contribution in [0.4, 0.5) is 4.79 Å². The van der Waals surface area contributed by atoms with Gasteiger partial charge in [0.2, 0.25) is 0 Å². The monoisotopic (exact) mass is 360 g/mol. The van der Waals surface area contributed by atoms with Crippen molar-refractivity contribution in [2.45, 2.75) is 39.7 Å². The standard InChI is InChI=1S/C21H32N2O3/c1-16-10-11-19(23(15-16)20(24)26-21(2,3)4)17-8-7-9-18(14-17)25-13-12-22(5)6/h7-9,11,14,16H,10,12-13,15H2,1-6H3. The smallest absolute Gasteiger partial charge is 0.414 e. The van der Waals surface area contributed by atoms with E-state index in [9.17, 15) is 4.79 Å². The summed E-state index contributed by atoms with van der Waals surface area (Å²) in [5, 5.41) is 0. The van der Waals surface area contributed by atoms with Gasteiger partial charge in [0.15, 0.2) is 0 Å². The van der Waals surface area contributed by atoms with Crippen LogP contribution in [-0.2, 0) is 4.74 Å². The molecular weight excluding hydrogens is 328 g/mol. The largest absolute Gasteiger partial charge is 0.492 e. The maximum atomic E-state index is 12.7. The van der Waals surface area contributed by atoms with E-state index in [-0.39, 0.29) is 6.09 Å². The molecule has 1 unspecified atom stereocenters.